The molecule has 2 heterocycles. The van der Waals surface area contributed by atoms with Gasteiger partial charge in [0.05, 0.1) is 0 Å². The monoisotopic (exact) mass is 383 g/mol. The van der Waals surface area contributed by atoms with Crippen molar-refractivity contribution in [2.45, 2.75) is 56.8 Å². The van der Waals surface area contributed by atoms with Crippen LogP contribution in [0.15, 0.2) is 24.3 Å². The molecular weight excluding hydrogens is 358 g/mol. The summed E-state index contributed by atoms with van der Waals surface area (Å²) in [7, 11) is 2.18. The van der Waals surface area contributed by atoms with Crippen LogP contribution in [-0.2, 0) is 26.2 Å². The van der Waals surface area contributed by atoms with Crippen LogP contribution in [0.1, 0.15) is 37.8 Å². The number of rotatable bonds is 3. The number of ether oxygens (including phenoxy) is 3. The van der Waals surface area contributed by atoms with E-state index in [0.29, 0.717) is 24.0 Å². The van der Waals surface area contributed by atoms with E-state index in [1.54, 1.807) is 6.92 Å². The lowest BCUT2D eigenvalue weighted by molar-refractivity contribution is -0.154. The molecule has 0 radical (unpaired) electrons. The highest BCUT2D eigenvalue weighted by molar-refractivity contribution is 5.73. The molecule has 6 heteroatoms. The van der Waals surface area contributed by atoms with Crippen molar-refractivity contribution in [1.29, 1.82) is 0 Å². The predicted octanol–water partition coefficient (Wildman–Crippen LogP) is 2.38. The van der Waals surface area contributed by atoms with E-state index < -0.39 is 6.10 Å². The number of hydrogen-bond donors (Lipinski definition) is 0. The third-order valence-corrected chi connectivity index (χ3v) is 6.92. The van der Waals surface area contributed by atoms with Gasteiger partial charge in [-0.05, 0) is 44.1 Å². The SMILES string of the molecule is CCC(=O)O[C@H]1C=C[C@H]2[C@H]3Cc4ccc(OC(C)=O)c5c4[C@@]2(CCN3C)[C@H]1O5. The molecule has 1 fully saturated rings. The van der Waals surface area contributed by atoms with E-state index in [4.69, 9.17) is 14.2 Å². The first-order chi connectivity index (χ1) is 13.5. The highest BCUT2D eigenvalue weighted by atomic mass is 16.6. The number of piperidine rings is 1. The molecule has 28 heavy (non-hydrogen) atoms. The summed E-state index contributed by atoms with van der Waals surface area (Å²) < 4.78 is 17.7. The minimum Gasteiger partial charge on any atom is -0.481 e. The second kappa shape index (κ2) is 6.08. The van der Waals surface area contributed by atoms with Crippen LogP contribution in [0.3, 0.4) is 0 Å². The van der Waals surface area contributed by atoms with E-state index >= 15 is 0 Å². The molecule has 1 spiro atoms. The maximum atomic E-state index is 12.1. The molecule has 0 saturated carbocycles. The van der Waals surface area contributed by atoms with Gasteiger partial charge >= 0.3 is 11.9 Å². The Morgan fingerprint density at radius 3 is 2.89 bits per heavy atom. The Bertz CT molecular complexity index is 893. The van der Waals surface area contributed by atoms with Crippen LogP contribution in [0.2, 0.25) is 0 Å². The summed E-state index contributed by atoms with van der Waals surface area (Å²) >= 11 is 0. The van der Waals surface area contributed by atoms with Gasteiger partial charge in [0, 0.05) is 36.3 Å². The molecule has 2 aliphatic heterocycles. The lowest BCUT2D eigenvalue weighted by Gasteiger charge is -2.56. The fraction of sp³-hybridized carbons (Fsp3) is 0.545. The van der Waals surface area contributed by atoms with Crippen LogP contribution < -0.4 is 9.47 Å². The van der Waals surface area contributed by atoms with Gasteiger partial charge < -0.3 is 19.1 Å². The number of likely N-dealkylation sites (tertiary alicyclic amines) is 1. The number of benzene rings is 1. The van der Waals surface area contributed by atoms with Gasteiger partial charge in [0.15, 0.2) is 17.6 Å². The first-order valence-corrected chi connectivity index (χ1v) is 10.0. The number of nitrogens with zero attached hydrogens (tertiary/aromatic N) is 1. The summed E-state index contributed by atoms with van der Waals surface area (Å²) in [6.07, 6.45) is 5.68. The number of esters is 2. The summed E-state index contributed by atoms with van der Waals surface area (Å²) in [6, 6.07) is 4.29. The van der Waals surface area contributed by atoms with Crippen LogP contribution in [0.25, 0.3) is 0 Å². The fourth-order valence-corrected chi connectivity index (χ4v) is 5.78. The molecule has 148 valence electrons. The number of carbonyl (C=O) groups is 2. The zero-order chi connectivity index (χ0) is 19.6. The average Bonchev–Trinajstić information content (AvgIpc) is 3.02. The van der Waals surface area contributed by atoms with Crippen molar-refractivity contribution in [2.24, 2.45) is 5.92 Å². The topological polar surface area (TPSA) is 65.1 Å². The Morgan fingerprint density at radius 2 is 2.14 bits per heavy atom. The molecule has 1 aromatic rings. The Hall–Kier alpha value is -2.34. The lowest BCUT2D eigenvalue weighted by atomic mass is 9.53. The summed E-state index contributed by atoms with van der Waals surface area (Å²) in [5, 5.41) is 0. The third kappa shape index (κ3) is 2.24. The minimum absolute atomic E-state index is 0.232. The maximum Gasteiger partial charge on any atom is 0.308 e. The van der Waals surface area contributed by atoms with Gasteiger partial charge in [-0.3, -0.25) is 9.59 Å². The molecule has 2 aliphatic carbocycles. The standard InChI is InChI=1S/C22H25NO5/c1-4-18(25)27-17-8-6-14-15-11-13-5-7-16(26-12(2)24)20-19(13)22(14,21(17)28-20)9-10-23(15)3/h5-8,14-15,17,21H,4,9-11H2,1-3H3/t14-,15+,17-,21-,22-/m0/s1. The predicted molar refractivity (Wildman–Crippen MR) is 101 cm³/mol. The van der Waals surface area contributed by atoms with Crippen molar-refractivity contribution in [2.75, 3.05) is 13.6 Å². The Kier molecular flexibility index (Phi) is 3.85. The van der Waals surface area contributed by atoms with Gasteiger partial charge in [0.25, 0.3) is 0 Å². The Balaban J connectivity index is 1.68. The largest absolute Gasteiger partial charge is 0.481 e. The lowest BCUT2D eigenvalue weighted by Crippen LogP contribution is -2.65. The summed E-state index contributed by atoms with van der Waals surface area (Å²) in [4.78, 5) is 26.1. The quantitative estimate of drug-likeness (QED) is 0.454. The van der Waals surface area contributed by atoms with Crippen LogP contribution in [-0.4, -0.2) is 48.7 Å². The van der Waals surface area contributed by atoms with E-state index in [-0.39, 0.29) is 29.4 Å². The van der Waals surface area contributed by atoms with E-state index in [0.717, 1.165) is 24.9 Å². The average molecular weight is 383 g/mol. The zero-order valence-corrected chi connectivity index (χ0v) is 16.4. The minimum atomic E-state index is -0.434. The van der Waals surface area contributed by atoms with Crippen molar-refractivity contribution in [3.8, 4) is 11.5 Å². The van der Waals surface area contributed by atoms with Gasteiger partial charge in [-0.15, -0.1) is 0 Å². The summed E-state index contributed by atoms with van der Waals surface area (Å²) in [5.74, 6) is 0.811. The van der Waals surface area contributed by atoms with E-state index in [1.807, 2.05) is 12.1 Å². The molecular formula is C22H25NO5. The molecule has 6 nitrogen and oxygen atoms in total. The normalized spacial score (nSPS) is 34.4. The number of hydrogen-bond acceptors (Lipinski definition) is 6. The van der Waals surface area contributed by atoms with Crippen molar-refractivity contribution in [3.05, 3.63) is 35.4 Å². The first-order valence-electron chi connectivity index (χ1n) is 10.0. The summed E-state index contributed by atoms with van der Waals surface area (Å²) in [5.41, 5.74) is 2.16. The molecule has 2 bridgehead atoms. The number of likely N-dealkylation sites (N-methyl/N-ethyl adjacent to an activating group) is 1. The van der Waals surface area contributed by atoms with Crippen molar-refractivity contribution < 1.29 is 23.8 Å². The molecule has 0 N–H and O–H groups in total. The van der Waals surface area contributed by atoms with E-state index in [1.165, 1.54) is 12.5 Å². The van der Waals surface area contributed by atoms with Gasteiger partial charge in [-0.2, -0.15) is 0 Å². The van der Waals surface area contributed by atoms with Crippen molar-refractivity contribution in [3.63, 3.8) is 0 Å². The highest BCUT2D eigenvalue weighted by Crippen LogP contribution is 2.62. The molecule has 0 aromatic heterocycles. The molecule has 0 amide bonds. The Morgan fingerprint density at radius 1 is 1.32 bits per heavy atom. The van der Waals surface area contributed by atoms with Gasteiger partial charge in [0.2, 0.25) is 0 Å². The van der Waals surface area contributed by atoms with Gasteiger partial charge in [-0.1, -0.05) is 19.1 Å². The first kappa shape index (κ1) is 17.7. The highest BCUT2D eigenvalue weighted by Gasteiger charge is 2.65. The smallest absolute Gasteiger partial charge is 0.308 e. The van der Waals surface area contributed by atoms with Crippen LogP contribution in [0.4, 0.5) is 0 Å². The molecule has 1 saturated heterocycles. The summed E-state index contributed by atoms with van der Waals surface area (Å²) in [6.45, 7) is 4.15. The van der Waals surface area contributed by atoms with E-state index in [9.17, 15) is 9.59 Å². The van der Waals surface area contributed by atoms with Crippen molar-refractivity contribution in [1.82, 2.24) is 4.90 Å². The maximum absolute atomic E-state index is 12.1. The zero-order valence-electron chi connectivity index (χ0n) is 16.4. The van der Waals surface area contributed by atoms with Gasteiger partial charge in [-0.25, -0.2) is 0 Å². The second-order valence-corrected chi connectivity index (χ2v) is 8.32. The van der Waals surface area contributed by atoms with Crippen LogP contribution >= 0.6 is 0 Å². The van der Waals surface area contributed by atoms with Crippen LogP contribution in [0.5, 0.6) is 11.5 Å². The van der Waals surface area contributed by atoms with E-state index in [2.05, 4.69) is 24.1 Å². The molecule has 0 unspecified atom stereocenters. The fourth-order valence-electron chi connectivity index (χ4n) is 5.78. The molecule has 5 atom stereocenters. The third-order valence-electron chi connectivity index (χ3n) is 6.92. The Labute approximate surface area is 164 Å². The van der Waals surface area contributed by atoms with Crippen LogP contribution in [0, 0.1) is 5.92 Å². The number of carbonyl (C=O) groups excluding carboxylic acids is 2. The molecule has 1 aromatic carbocycles. The second-order valence-electron chi connectivity index (χ2n) is 8.32. The molecule has 4 aliphatic rings. The van der Waals surface area contributed by atoms with Gasteiger partial charge in [0.1, 0.15) is 6.10 Å². The van der Waals surface area contributed by atoms with Crippen molar-refractivity contribution >= 4 is 11.9 Å². The molecule has 5 rings (SSSR count).